The molecule has 1 N–H and O–H groups in total. The Bertz CT molecular complexity index is 190. The predicted octanol–water partition coefficient (Wildman–Crippen LogP) is 1.65. The lowest BCUT2D eigenvalue weighted by molar-refractivity contribution is -0.0575. The summed E-state index contributed by atoms with van der Waals surface area (Å²) in [6.07, 6.45) is 2.50. The number of piperidine rings is 1. The van der Waals surface area contributed by atoms with E-state index in [-0.39, 0.29) is 5.54 Å². The molecule has 0 radical (unpaired) electrons. The molecular weight excluding hydrogens is 190 g/mol. The molecule has 0 bridgehead atoms. The molecule has 0 aromatic rings. The zero-order valence-electron chi connectivity index (χ0n) is 10.5. The third-order valence-corrected chi connectivity index (χ3v) is 3.41. The highest BCUT2D eigenvalue weighted by Gasteiger charge is 2.35. The number of rotatable bonds is 3. The van der Waals surface area contributed by atoms with Crippen LogP contribution in [0, 0.1) is 0 Å². The molecule has 0 aromatic heterocycles. The van der Waals surface area contributed by atoms with E-state index >= 15 is 0 Å². The smallest absolute Gasteiger partial charge is 0.0694 e. The Morgan fingerprint density at radius 3 is 2.20 bits per heavy atom. The maximum absolute atomic E-state index is 10.3. The molecule has 0 unspecified atom stereocenters. The van der Waals surface area contributed by atoms with Crippen molar-refractivity contribution in [3.8, 4) is 0 Å². The van der Waals surface area contributed by atoms with Gasteiger partial charge in [0.2, 0.25) is 0 Å². The van der Waals surface area contributed by atoms with Crippen LogP contribution >= 0.6 is 0 Å². The van der Waals surface area contributed by atoms with Crippen molar-refractivity contribution >= 4 is 0 Å². The summed E-state index contributed by atoms with van der Waals surface area (Å²) in [6.45, 7) is 9.32. The largest absolute Gasteiger partial charge is 0.390 e. The normalized spacial score (nSPS) is 23.0. The lowest BCUT2D eigenvalue weighted by Crippen LogP contribution is -2.51. The van der Waals surface area contributed by atoms with Crippen LogP contribution in [-0.4, -0.2) is 48.0 Å². The van der Waals surface area contributed by atoms with E-state index in [0.29, 0.717) is 6.61 Å². The zero-order chi connectivity index (χ0) is 11.5. The first kappa shape index (κ1) is 12.9. The maximum Gasteiger partial charge on any atom is 0.0694 e. The Kier molecular flexibility index (Phi) is 4.15. The average molecular weight is 215 g/mol. The number of hydrogen-bond acceptors (Lipinski definition) is 3. The van der Waals surface area contributed by atoms with Crippen molar-refractivity contribution in [3.63, 3.8) is 0 Å². The van der Waals surface area contributed by atoms with Gasteiger partial charge in [-0.05, 0) is 40.0 Å². The van der Waals surface area contributed by atoms with Crippen molar-refractivity contribution in [2.24, 2.45) is 0 Å². The van der Waals surface area contributed by atoms with Crippen LogP contribution < -0.4 is 0 Å². The van der Waals surface area contributed by atoms with Crippen LogP contribution in [-0.2, 0) is 4.74 Å². The molecule has 15 heavy (non-hydrogen) atoms. The summed E-state index contributed by atoms with van der Waals surface area (Å²) in [5.74, 6) is 0. The molecule has 3 heteroatoms. The van der Waals surface area contributed by atoms with Crippen molar-refractivity contribution in [2.45, 2.75) is 51.2 Å². The molecule has 0 aromatic carbocycles. The van der Waals surface area contributed by atoms with Gasteiger partial charge < -0.3 is 9.84 Å². The molecule has 1 aliphatic rings. The molecule has 3 nitrogen and oxygen atoms in total. The second kappa shape index (κ2) is 4.81. The van der Waals surface area contributed by atoms with Crippen molar-refractivity contribution in [1.29, 1.82) is 0 Å². The summed E-state index contributed by atoms with van der Waals surface area (Å²) < 4.78 is 5.03. The van der Waals surface area contributed by atoms with Gasteiger partial charge in [-0.15, -0.1) is 0 Å². The Labute approximate surface area is 93.4 Å². The first-order chi connectivity index (χ1) is 6.87. The van der Waals surface area contributed by atoms with E-state index in [0.717, 1.165) is 32.4 Å². The fourth-order valence-corrected chi connectivity index (χ4v) is 2.14. The molecule has 1 fully saturated rings. The van der Waals surface area contributed by atoms with Crippen LogP contribution in [0.1, 0.15) is 40.0 Å². The van der Waals surface area contributed by atoms with Crippen molar-refractivity contribution in [2.75, 3.05) is 26.8 Å². The Morgan fingerprint density at radius 1 is 1.27 bits per heavy atom. The zero-order valence-corrected chi connectivity index (χ0v) is 10.5. The van der Waals surface area contributed by atoms with Crippen molar-refractivity contribution in [3.05, 3.63) is 0 Å². The molecule has 1 saturated heterocycles. The lowest BCUT2D eigenvalue weighted by Gasteiger charge is -2.44. The highest BCUT2D eigenvalue weighted by Crippen LogP contribution is 2.29. The van der Waals surface area contributed by atoms with Gasteiger partial charge in [-0.1, -0.05) is 0 Å². The predicted molar refractivity (Wildman–Crippen MR) is 62.0 cm³/mol. The second-order valence-corrected chi connectivity index (χ2v) is 5.63. The lowest BCUT2D eigenvalue weighted by atomic mass is 9.86. The fourth-order valence-electron chi connectivity index (χ4n) is 2.14. The number of nitrogens with zero attached hydrogens (tertiary/aromatic N) is 1. The molecule has 0 aliphatic carbocycles. The minimum absolute atomic E-state index is 0.225. The summed E-state index contributed by atoms with van der Waals surface area (Å²) in [7, 11) is 1.69. The van der Waals surface area contributed by atoms with E-state index in [1.165, 1.54) is 0 Å². The molecule has 1 heterocycles. The molecule has 1 aliphatic heterocycles. The molecular formula is C12H25NO2. The Balaban J connectivity index is 2.41. The van der Waals surface area contributed by atoms with Gasteiger partial charge >= 0.3 is 0 Å². The summed E-state index contributed by atoms with van der Waals surface area (Å²) in [5.41, 5.74) is -0.264. The van der Waals surface area contributed by atoms with Gasteiger partial charge in [-0.2, -0.15) is 0 Å². The SMILES string of the molecule is COCCC1(O)CCN(C(C)(C)C)CC1. The Hall–Kier alpha value is -0.120. The molecule has 0 atom stereocenters. The third-order valence-electron chi connectivity index (χ3n) is 3.41. The Morgan fingerprint density at radius 2 is 1.80 bits per heavy atom. The summed E-state index contributed by atoms with van der Waals surface area (Å²) in [6, 6.07) is 0. The number of ether oxygens (including phenoxy) is 1. The number of hydrogen-bond donors (Lipinski definition) is 1. The van der Waals surface area contributed by atoms with Crippen molar-refractivity contribution in [1.82, 2.24) is 4.90 Å². The number of likely N-dealkylation sites (tertiary alicyclic amines) is 1. The van der Waals surface area contributed by atoms with Gasteiger partial charge in [0.25, 0.3) is 0 Å². The fraction of sp³-hybridized carbons (Fsp3) is 1.00. The summed E-state index contributed by atoms with van der Waals surface area (Å²) >= 11 is 0. The van der Waals surface area contributed by atoms with Gasteiger partial charge in [0.05, 0.1) is 5.60 Å². The second-order valence-electron chi connectivity index (χ2n) is 5.63. The van der Waals surface area contributed by atoms with Crippen LogP contribution in [0.15, 0.2) is 0 Å². The number of aliphatic hydroxyl groups is 1. The molecule has 90 valence electrons. The van der Waals surface area contributed by atoms with Crippen LogP contribution in [0.25, 0.3) is 0 Å². The quantitative estimate of drug-likeness (QED) is 0.777. The maximum atomic E-state index is 10.3. The first-order valence-corrected chi connectivity index (χ1v) is 5.84. The highest BCUT2D eigenvalue weighted by molar-refractivity contribution is 4.89. The minimum Gasteiger partial charge on any atom is -0.390 e. The van der Waals surface area contributed by atoms with E-state index in [2.05, 4.69) is 25.7 Å². The van der Waals surface area contributed by atoms with Gasteiger partial charge in [0.15, 0.2) is 0 Å². The summed E-state index contributed by atoms with van der Waals surface area (Å²) in [4.78, 5) is 2.44. The first-order valence-electron chi connectivity index (χ1n) is 5.84. The standard InChI is InChI=1S/C12H25NO2/c1-11(2,3)13-8-5-12(14,6-9-13)7-10-15-4/h14H,5-10H2,1-4H3. The van der Waals surface area contributed by atoms with E-state index in [9.17, 15) is 5.11 Å². The van der Waals surface area contributed by atoms with Crippen LogP contribution in [0.3, 0.4) is 0 Å². The van der Waals surface area contributed by atoms with Gasteiger partial charge in [-0.25, -0.2) is 0 Å². The monoisotopic (exact) mass is 215 g/mol. The van der Waals surface area contributed by atoms with Crippen LogP contribution in [0.5, 0.6) is 0 Å². The van der Waals surface area contributed by atoms with Crippen LogP contribution in [0.4, 0.5) is 0 Å². The van der Waals surface area contributed by atoms with Crippen LogP contribution in [0.2, 0.25) is 0 Å². The van der Waals surface area contributed by atoms with E-state index < -0.39 is 5.60 Å². The number of methoxy groups -OCH3 is 1. The molecule has 0 amide bonds. The van der Waals surface area contributed by atoms with Crippen molar-refractivity contribution < 1.29 is 9.84 Å². The van der Waals surface area contributed by atoms with E-state index in [1.807, 2.05) is 0 Å². The average Bonchev–Trinajstić information content (AvgIpc) is 2.14. The molecule has 0 saturated carbocycles. The summed E-state index contributed by atoms with van der Waals surface area (Å²) in [5, 5.41) is 10.3. The van der Waals surface area contributed by atoms with Gasteiger partial charge in [0, 0.05) is 32.3 Å². The van der Waals surface area contributed by atoms with E-state index in [1.54, 1.807) is 7.11 Å². The molecule has 1 rings (SSSR count). The van der Waals surface area contributed by atoms with E-state index in [4.69, 9.17) is 4.74 Å². The molecule has 0 spiro atoms. The third kappa shape index (κ3) is 3.74. The highest BCUT2D eigenvalue weighted by atomic mass is 16.5. The van der Waals surface area contributed by atoms with Gasteiger partial charge in [-0.3, -0.25) is 4.90 Å². The minimum atomic E-state index is -0.488. The topological polar surface area (TPSA) is 32.7 Å². The van der Waals surface area contributed by atoms with Gasteiger partial charge in [0.1, 0.15) is 0 Å².